The van der Waals surface area contributed by atoms with E-state index in [-0.39, 0.29) is 6.73 Å². The van der Waals surface area contributed by atoms with Gasteiger partial charge in [-0.25, -0.2) is 13.2 Å². The summed E-state index contributed by atoms with van der Waals surface area (Å²) in [7, 11) is 0. The summed E-state index contributed by atoms with van der Waals surface area (Å²) in [5.41, 5.74) is -1.10. The minimum Gasteiger partial charge on any atom is -0.359 e. The predicted molar refractivity (Wildman–Crippen MR) is 57.4 cm³/mol. The van der Waals surface area contributed by atoms with Crippen LogP contribution in [0.4, 0.5) is 13.2 Å². The molecule has 0 aromatic heterocycles. The molecule has 1 aromatic rings. The molecule has 0 bridgehead atoms. The molecule has 0 spiro atoms. The van der Waals surface area contributed by atoms with Crippen LogP contribution in [0.1, 0.15) is 24.2 Å². The summed E-state index contributed by atoms with van der Waals surface area (Å²) in [6, 6.07) is 1.67. The molecule has 3 nitrogen and oxygen atoms in total. The van der Waals surface area contributed by atoms with Gasteiger partial charge < -0.3 is 9.64 Å². The first-order valence-corrected chi connectivity index (χ1v) is 5.38. The Kier molecular flexibility index (Phi) is 3.06. The van der Waals surface area contributed by atoms with Crippen LogP contribution in [0.5, 0.6) is 0 Å². The van der Waals surface area contributed by atoms with Crippen molar-refractivity contribution in [2.24, 2.45) is 0 Å². The molecule has 6 heteroatoms. The third-order valence-electron chi connectivity index (χ3n) is 2.92. The molecule has 0 radical (unpaired) electrons. The summed E-state index contributed by atoms with van der Waals surface area (Å²) in [5.74, 6) is -5.14. The van der Waals surface area contributed by atoms with Gasteiger partial charge in [-0.2, -0.15) is 0 Å². The maximum Gasteiger partial charge on any atom is 0.259 e. The van der Waals surface area contributed by atoms with E-state index in [2.05, 4.69) is 0 Å². The largest absolute Gasteiger partial charge is 0.359 e. The number of nitrogens with zero attached hydrogens (tertiary/aromatic N) is 1. The van der Waals surface area contributed by atoms with Gasteiger partial charge in [0.25, 0.3) is 5.91 Å². The van der Waals surface area contributed by atoms with Crippen LogP contribution in [0.3, 0.4) is 0 Å². The maximum atomic E-state index is 13.5. The van der Waals surface area contributed by atoms with Crippen LogP contribution < -0.4 is 0 Å². The van der Waals surface area contributed by atoms with Crippen molar-refractivity contribution in [1.29, 1.82) is 0 Å². The van der Waals surface area contributed by atoms with Crippen LogP contribution in [-0.4, -0.2) is 29.7 Å². The molecule has 1 amide bonds. The summed E-state index contributed by atoms with van der Waals surface area (Å²) >= 11 is 0. The fourth-order valence-electron chi connectivity index (χ4n) is 1.81. The lowest BCUT2D eigenvalue weighted by molar-refractivity contribution is 0.0599. The zero-order valence-electron chi connectivity index (χ0n) is 9.97. The minimum absolute atomic E-state index is 0.00423. The van der Waals surface area contributed by atoms with Crippen molar-refractivity contribution >= 4 is 5.91 Å². The molecule has 98 valence electrons. The first kappa shape index (κ1) is 12.9. The summed E-state index contributed by atoms with van der Waals surface area (Å²) in [4.78, 5) is 13.3. The second-order valence-corrected chi connectivity index (χ2v) is 4.75. The smallest absolute Gasteiger partial charge is 0.259 e. The topological polar surface area (TPSA) is 29.5 Å². The first-order chi connectivity index (χ1) is 8.34. The normalized spacial score (nSPS) is 18.2. The number of ether oxygens (including phenoxy) is 1. The number of benzene rings is 1. The van der Waals surface area contributed by atoms with Gasteiger partial charge in [-0.05, 0) is 26.0 Å². The molecule has 0 N–H and O–H groups in total. The van der Waals surface area contributed by atoms with Crippen LogP contribution in [0, 0.1) is 17.5 Å². The fourth-order valence-corrected chi connectivity index (χ4v) is 1.81. The summed E-state index contributed by atoms with van der Waals surface area (Å²) < 4.78 is 44.5. The van der Waals surface area contributed by atoms with E-state index >= 15 is 0 Å². The average molecular weight is 259 g/mol. The second kappa shape index (κ2) is 4.28. The van der Waals surface area contributed by atoms with Crippen LogP contribution in [0.25, 0.3) is 0 Å². The van der Waals surface area contributed by atoms with E-state index in [4.69, 9.17) is 4.74 Å². The van der Waals surface area contributed by atoms with Crippen molar-refractivity contribution in [1.82, 2.24) is 4.90 Å². The van der Waals surface area contributed by atoms with Gasteiger partial charge in [0.05, 0.1) is 17.7 Å². The third-order valence-corrected chi connectivity index (χ3v) is 2.92. The molecule has 0 aliphatic carbocycles. The maximum absolute atomic E-state index is 13.5. The van der Waals surface area contributed by atoms with Gasteiger partial charge in [0, 0.05) is 0 Å². The zero-order chi connectivity index (χ0) is 13.5. The number of halogens is 3. The van der Waals surface area contributed by atoms with Gasteiger partial charge in [0.15, 0.2) is 17.5 Å². The van der Waals surface area contributed by atoms with E-state index in [0.29, 0.717) is 6.61 Å². The van der Waals surface area contributed by atoms with Gasteiger partial charge in [0.1, 0.15) is 6.73 Å². The van der Waals surface area contributed by atoms with E-state index in [1.165, 1.54) is 4.90 Å². The number of carbonyl (C=O) groups excluding carboxylic acids is 1. The number of amides is 1. The molecular weight excluding hydrogens is 247 g/mol. The lowest BCUT2D eigenvalue weighted by Gasteiger charge is -2.29. The van der Waals surface area contributed by atoms with E-state index < -0.39 is 34.5 Å². The predicted octanol–water partition coefficient (Wildman–Crippen LogP) is 2.31. The number of hydrogen-bond donors (Lipinski definition) is 0. The Morgan fingerprint density at radius 1 is 1.28 bits per heavy atom. The molecule has 18 heavy (non-hydrogen) atoms. The molecule has 1 aliphatic heterocycles. The van der Waals surface area contributed by atoms with E-state index in [0.717, 1.165) is 12.1 Å². The lowest BCUT2D eigenvalue weighted by Crippen LogP contribution is -2.44. The highest BCUT2D eigenvalue weighted by atomic mass is 19.2. The van der Waals surface area contributed by atoms with Gasteiger partial charge in [-0.3, -0.25) is 4.79 Å². The molecule has 1 fully saturated rings. The van der Waals surface area contributed by atoms with E-state index in [9.17, 15) is 18.0 Å². The lowest BCUT2D eigenvalue weighted by atomic mass is 10.0. The number of rotatable bonds is 1. The fraction of sp³-hybridized carbons (Fsp3) is 0.417. The number of hydrogen-bond acceptors (Lipinski definition) is 2. The van der Waals surface area contributed by atoms with Crippen molar-refractivity contribution in [3.8, 4) is 0 Å². The van der Waals surface area contributed by atoms with Crippen LogP contribution >= 0.6 is 0 Å². The molecule has 1 aliphatic rings. The standard InChI is InChI=1S/C12H12F3NO2/c1-12(2)5-18-6-16(12)11(17)7-3-4-8(13)10(15)9(7)14/h3-4H,5-6H2,1-2H3. The molecule has 1 saturated heterocycles. The second-order valence-electron chi connectivity index (χ2n) is 4.75. The minimum atomic E-state index is -1.64. The van der Waals surface area contributed by atoms with Crippen molar-refractivity contribution in [3.05, 3.63) is 35.1 Å². The molecular formula is C12H12F3NO2. The molecule has 0 unspecified atom stereocenters. The van der Waals surface area contributed by atoms with Gasteiger partial charge in [-0.15, -0.1) is 0 Å². The molecule has 1 heterocycles. The van der Waals surface area contributed by atoms with Crippen LogP contribution in [0.2, 0.25) is 0 Å². The van der Waals surface area contributed by atoms with E-state index in [1.807, 2.05) is 0 Å². The van der Waals surface area contributed by atoms with Crippen molar-refractivity contribution in [2.45, 2.75) is 19.4 Å². The Labute approximate surface area is 102 Å². The first-order valence-electron chi connectivity index (χ1n) is 5.38. The molecule has 0 atom stereocenters. The van der Waals surface area contributed by atoms with Gasteiger partial charge in [-0.1, -0.05) is 0 Å². The van der Waals surface area contributed by atoms with Crippen LogP contribution in [-0.2, 0) is 4.74 Å². The Morgan fingerprint density at radius 3 is 2.50 bits per heavy atom. The Hall–Kier alpha value is -1.56. The van der Waals surface area contributed by atoms with Crippen molar-refractivity contribution in [2.75, 3.05) is 13.3 Å². The highest BCUT2D eigenvalue weighted by molar-refractivity contribution is 5.95. The van der Waals surface area contributed by atoms with Gasteiger partial charge >= 0.3 is 0 Å². The Morgan fingerprint density at radius 2 is 1.94 bits per heavy atom. The quantitative estimate of drug-likeness (QED) is 0.724. The SMILES string of the molecule is CC1(C)COCN1C(=O)c1ccc(F)c(F)c1F. The summed E-state index contributed by atoms with van der Waals surface area (Å²) in [6.07, 6.45) is 0. The average Bonchev–Trinajstić information content (AvgIpc) is 2.65. The highest BCUT2D eigenvalue weighted by Crippen LogP contribution is 2.25. The zero-order valence-corrected chi connectivity index (χ0v) is 9.97. The monoisotopic (exact) mass is 259 g/mol. The highest BCUT2D eigenvalue weighted by Gasteiger charge is 2.38. The molecule has 0 saturated carbocycles. The summed E-state index contributed by atoms with van der Waals surface area (Å²) in [5, 5.41) is 0. The van der Waals surface area contributed by atoms with Crippen LogP contribution in [0.15, 0.2) is 12.1 Å². The van der Waals surface area contributed by atoms with Crippen molar-refractivity contribution < 1.29 is 22.7 Å². The van der Waals surface area contributed by atoms with Crippen molar-refractivity contribution in [3.63, 3.8) is 0 Å². The Balaban J connectivity index is 2.38. The molecule has 2 rings (SSSR count). The third kappa shape index (κ3) is 1.96. The molecule has 1 aromatic carbocycles. The number of carbonyl (C=O) groups is 1. The Bertz CT molecular complexity index is 502. The van der Waals surface area contributed by atoms with Gasteiger partial charge in [0.2, 0.25) is 0 Å². The summed E-state index contributed by atoms with van der Waals surface area (Å²) in [6.45, 7) is 3.81. The van der Waals surface area contributed by atoms with E-state index in [1.54, 1.807) is 13.8 Å².